The summed E-state index contributed by atoms with van der Waals surface area (Å²) >= 11 is 5.52. The van der Waals surface area contributed by atoms with Crippen LogP contribution in [0, 0.1) is 5.92 Å². The van der Waals surface area contributed by atoms with E-state index in [2.05, 4.69) is 40.3 Å². The molecule has 0 unspecified atom stereocenters. The van der Waals surface area contributed by atoms with Crippen molar-refractivity contribution in [2.24, 2.45) is 5.92 Å². The first-order valence-corrected chi connectivity index (χ1v) is 12.1. The van der Waals surface area contributed by atoms with Crippen molar-refractivity contribution in [3.8, 4) is 0 Å². The van der Waals surface area contributed by atoms with E-state index in [1.54, 1.807) is 0 Å². The van der Waals surface area contributed by atoms with Crippen molar-refractivity contribution >= 4 is 34.9 Å². The molecule has 4 rings (SSSR count). The molecule has 8 heteroatoms. The molecule has 2 N–H and O–H groups in total. The van der Waals surface area contributed by atoms with E-state index in [1.165, 1.54) is 32.1 Å². The fourth-order valence-corrected chi connectivity index (χ4v) is 4.80. The van der Waals surface area contributed by atoms with Gasteiger partial charge in [0, 0.05) is 44.9 Å². The predicted octanol–water partition coefficient (Wildman–Crippen LogP) is 3.56. The third-order valence-corrected chi connectivity index (χ3v) is 6.89. The Balaban J connectivity index is 1.49. The van der Waals surface area contributed by atoms with Crippen LogP contribution < -0.4 is 20.4 Å². The van der Waals surface area contributed by atoms with Gasteiger partial charge in [-0.15, -0.1) is 0 Å². The van der Waals surface area contributed by atoms with Crippen molar-refractivity contribution < 1.29 is 4.74 Å². The summed E-state index contributed by atoms with van der Waals surface area (Å²) in [5.74, 6) is 3.39. The van der Waals surface area contributed by atoms with E-state index >= 15 is 0 Å². The summed E-state index contributed by atoms with van der Waals surface area (Å²) in [5.41, 5.74) is 0. The number of aromatic nitrogens is 2. The normalized spacial score (nSPS) is 25.4. The van der Waals surface area contributed by atoms with Gasteiger partial charge in [0.25, 0.3) is 0 Å². The molecule has 3 saturated heterocycles. The Morgan fingerprint density at radius 1 is 1.07 bits per heavy atom. The van der Waals surface area contributed by atoms with Gasteiger partial charge in [0.2, 0.25) is 5.95 Å². The van der Waals surface area contributed by atoms with Crippen LogP contribution >= 0.6 is 12.2 Å². The second kappa shape index (κ2) is 10.1. The number of piperidine rings is 2. The fourth-order valence-electron chi connectivity index (χ4n) is 4.62. The number of nitrogens with zero attached hydrogens (tertiary/aromatic N) is 4. The monoisotopic (exact) mass is 432 g/mol. The van der Waals surface area contributed by atoms with Crippen LogP contribution in [0.15, 0.2) is 6.07 Å². The van der Waals surface area contributed by atoms with Crippen molar-refractivity contribution in [1.82, 2.24) is 15.3 Å². The SMILES string of the molecule is CC1CCN(c2cc(N3CCCC[C@@H]3C)nc(NC(=S)NC[C@@H]3CCCO3)n2)CC1. The van der Waals surface area contributed by atoms with Crippen LogP contribution in [0.3, 0.4) is 0 Å². The Hall–Kier alpha value is -1.67. The number of ether oxygens (including phenoxy) is 1. The number of nitrogens with one attached hydrogen (secondary N) is 2. The molecule has 1 aromatic rings. The van der Waals surface area contributed by atoms with Crippen LogP contribution in [0.5, 0.6) is 0 Å². The molecule has 0 amide bonds. The molecule has 3 aliphatic rings. The lowest BCUT2D eigenvalue weighted by Gasteiger charge is -2.36. The predicted molar refractivity (Wildman–Crippen MR) is 126 cm³/mol. The summed E-state index contributed by atoms with van der Waals surface area (Å²) in [4.78, 5) is 14.5. The molecular weight excluding hydrogens is 396 g/mol. The van der Waals surface area contributed by atoms with Crippen LogP contribution in [0.2, 0.25) is 0 Å². The van der Waals surface area contributed by atoms with E-state index in [-0.39, 0.29) is 6.10 Å². The zero-order valence-corrected chi connectivity index (χ0v) is 19.2. The molecule has 1 aromatic heterocycles. The lowest BCUT2D eigenvalue weighted by atomic mass is 9.99. The van der Waals surface area contributed by atoms with Gasteiger partial charge in [0.1, 0.15) is 11.6 Å². The Morgan fingerprint density at radius 3 is 2.60 bits per heavy atom. The van der Waals surface area contributed by atoms with E-state index in [0.29, 0.717) is 17.1 Å². The molecule has 0 spiro atoms. The molecule has 0 aliphatic carbocycles. The maximum atomic E-state index is 5.68. The Labute approximate surface area is 186 Å². The highest BCUT2D eigenvalue weighted by Crippen LogP contribution is 2.29. The van der Waals surface area contributed by atoms with Crippen LogP contribution in [-0.2, 0) is 4.74 Å². The first-order valence-electron chi connectivity index (χ1n) is 11.7. The van der Waals surface area contributed by atoms with Crippen LogP contribution in [0.4, 0.5) is 17.6 Å². The fraction of sp³-hybridized carbons (Fsp3) is 0.773. The third-order valence-electron chi connectivity index (χ3n) is 6.64. The molecule has 0 bridgehead atoms. The van der Waals surface area contributed by atoms with Gasteiger partial charge in [-0.25, -0.2) is 0 Å². The second-order valence-electron chi connectivity index (χ2n) is 9.09. The molecule has 3 aliphatic heterocycles. The highest BCUT2D eigenvalue weighted by molar-refractivity contribution is 7.80. The molecule has 0 aromatic carbocycles. The summed E-state index contributed by atoms with van der Waals surface area (Å²) in [7, 11) is 0. The zero-order valence-electron chi connectivity index (χ0n) is 18.4. The van der Waals surface area contributed by atoms with Crippen molar-refractivity contribution in [3.05, 3.63) is 6.07 Å². The standard InChI is InChI=1S/C22H36N6OS/c1-16-8-11-27(12-9-16)19-14-20(28-10-4-3-6-17(28)2)25-21(24-19)26-22(30)23-15-18-7-5-13-29-18/h14,16-18H,3-13,15H2,1-2H3,(H2,23,24,25,26,30)/t17-,18-/m0/s1. The average Bonchev–Trinajstić information content (AvgIpc) is 3.27. The lowest BCUT2D eigenvalue weighted by molar-refractivity contribution is 0.114. The zero-order chi connectivity index (χ0) is 20.9. The van der Waals surface area contributed by atoms with E-state index in [4.69, 9.17) is 26.9 Å². The number of thiocarbonyl (C=S) groups is 1. The maximum absolute atomic E-state index is 5.68. The molecule has 166 valence electrons. The van der Waals surface area contributed by atoms with Gasteiger partial charge < -0.3 is 25.2 Å². The van der Waals surface area contributed by atoms with Crippen LogP contribution in [-0.4, -0.2) is 60.0 Å². The van der Waals surface area contributed by atoms with Crippen molar-refractivity contribution in [1.29, 1.82) is 0 Å². The van der Waals surface area contributed by atoms with E-state index in [1.807, 2.05) is 0 Å². The highest BCUT2D eigenvalue weighted by atomic mass is 32.1. The van der Waals surface area contributed by atoms with Gasteiger partial charge >= 0.3 is 0 Å². The molecule has 0 radical (unpaired) electrons. The Bertz CT molecular complexity index is 718. The summed E-state index contributed by atoms with van der Waals surface area (Å²) < 4.78 is 5.68. The molecule has 0 saturated carbocycles. The summed E-state index contributed by atoms with van der Waals surface area (Å²) in [6.45, 7) is 9.36. The van der Waals surface area contributed by atoms with Crippen LogP contribution in [0.1, 0.15) is 58.8 Å². The average molecular weight is 433 g/mol. The summed E-state index contributed by atoms with van der Waals surface area (Å²) in [6.07, 6.45) is 8.61. The smallest absolute Gasteiger partial charge is 0.232 e. The quantitative estimate of drug-likeness (QED) is 0.685. The van der Waals surface area contributed by atoms with Crippen molar-refractivity contribution in [2.75, 3.05) is 47.9 Å². The minimum Gasteiger partial charge on any atom is -0.376 e. The van der Waals surface area contributed by atoms with Crippen molar-refractivity contribution in [3.63, 3.8) is 0 Å². The topological polar surface area (TPSA) is 65.5 Å². The van der Waals surface area contributed by atoms with Gasteiger partial charge in [0.05, 0.1) is 6.10 Å². The third kappa shape index (κ3) is 5.52. The first-order chi connectivity index (χ1) is 14.6. The lowest BCUT2D eigenvalue weighted by Crippen LogP contribution is -2.39. The number of anilines is 3. The molecule has 30 heavy (non-hydrogen) atoms. The minimum atomic E-state index is 0.247. The maximum Gasteiger partial charge on any atom is 0.232 e. The first kappa shape index (κ1) is 21.6. The summed E-state index contributed by atoms with van der Waals surface area (Å²) in [6, 6.07) is 2.67. The Morgan fingerprint density at radius 2 is 1.87 bits per heavy atom. The summed E-state index contributed by atoms with van der Waals surface area (Å²) in [5, 5.41) is 7.07. The largest absolute Gasteiger partial charge is 0.376 e. The molecular formula is C22H36N6OS. The number of rotatable bonds is 5. The number of hydrogen-bond acceptors (Lipinski definition) is 6. The molecule has 4 heterocycles. The Kier molecular flexibility index (Phi) is 7.25. The van der Waals surface area contributed by atoms with Crippen LogP contribution in [0.25, 0.3) is 0 Å². The van der Waals surface area contributed by atoms with Crippen molar-refractivity contribution in [2.45, 2.75) is 70.9 Å². The van der Waals surface area contributed by atoms with E-state index < -0.39 is 0 Å². The van der Waals surface area contributed by atoms with Gasteiger partial charge in [-0.05, 0) is 70.0 Å². The molecule has 2 atom stereocenters. The van der Waals surface area contributed by atoms with Gasteiger partial charge in [-0.1, -0.05) is 6.92 Å². The van der Waals surface area contributed by atoms with Gasteiger partial charge in [-0.2, -0.15) is 9.97 Å². The molecule has 3 fully saturated rings. The minimum absolute atomic E-state index is 0.247. The van der Waals surface area contributed by atoms with E-state index in [0.717, 1.165) is 63.2 Å². The molecule has 7 nitrogen and oxygen atoms in total. The van der Waals surface area contributed by atoms with Gasteiger partial charge in [-0.3, -0.25) is 0 Å². The second-order valence-corrected chi connectivity index (χ2v) is 9.49. The highest BCUT2D eigenvalue weighted by Gasteiger charge is 2.24. The van der Waals surface area contributed by atoms with Gasteiger partial charge in [0.15, 0.2) is 5.11 Å². The number of hydrogen-bond donors (Lipinski definition) is 2. The van der Waals surface area contributed by atoms with E-state index in [9.17, 15) is 0 Å².